The Morgan fingerprint density at radius 3 is 2.45 bits per heavy atom. The Bertz CT molecular complexity index is 1160. The predicted molar refractivity (Wildman–Crippen MR) is 121 cm³/mol. The Labute approximate surface area is 184 Å². The number of benzene rings is 3. The predicted octanol–water partition coefficient (Wildman–Crippen LogP) is 4.50. The lowest BCUT2D eigenvalue weighted by Crippen LogP contribution is -2.15. The third-order valence-electron chi connectivity index (χ3n) is 4.97. The molecule has 0 amide bonds. The van der Waals surface area contributed by atoms with E-state index < -0.39 is 12.0 Å². The summed E-state index contributed by atoms with van der Waals surface area (Å²) in [5, 5.41) is 29.3. The number of nitriles is 1. The number of para-hydroxylation sites is 1. The van der Waals surface area contributed by atoms with Gasteiger partial charge in [0, 0.05) is 10.6 Å². The zero-order valence-electron chi connectivity index (χ0n) is 16.6. The minimum atomic E-state index is -0.901. The van der Waals surface area contributed by atoms with Crippen molar-refractivity contribution in [1.29, 1.82) is 10.7 Å². The molecule has 0 aliphatic carbocycles. The summed E-state index contributed by atoms with van der Waals surface area (Å²) in [6.07, 6.45) is -0.901. The van der Waals surface area contributed by atoms with Gasteiger partial charge in [0.25, 0.3) is 0 Å². The maximum atomic E-state index is 10.9. The molecule has 0 spiro atoms. The molecule has 0 aromatic heterocycles. The van der Waals surface area contributed by atoms with Crippen LogP contribution in [0.25, 0.3) is 0 Å². The number of aliphatic hydroxyl groups is 1. The quantitative estimate of drug-likeness (QED) is 0.237. The normalized spacial score (nSPS) is 14.3. The molecule has 1 aliphatic rings. The fourth-order valence-electron chi connectivity index (χ4n) is 3.37. The summed E-state index contributed by atoms with van der Waals surface area (Å²) in [7, 11) is 0. The molecule has 2 unspecified atom stereocenters. The van der Waals surface area contributed by atoms with Crippen molar-refractivity contribution in [3.05, 3.63) is 83.4 Å². The average Bonchev–Trinajstić information content (AvgIpc) is 2.80. The van der Waals surface area contributed by atoms with Gasteiger partial charge in [0.15, 0.2) is 11.5 Å². The van der Waals surface area contributed by atoms with Crippen molar-refractivity contribution in [3.8, 4) is 17.6 Å². The first-order valence-electron chi connectivity index (χ1n) is 9.74. The highest BCUT2D eigenvalue weighted by atomic mass is 32.2. The van der Waals surface area contributed by atoms with Crippen molar-refractivity contribution in [2.45, 2.75) is 16.9 Å². The van der Waals surface area contributed by atoms with E-state index in [0.717, 1.165) is 4.90 Å². The van der Waals surface area contributed by atoms with Crippen LogP contribution in [0.5, 0.6) is 11.5 Å². The van der Waals surface area contributed by atoms with E-state index >= 15 is 0 Å². The van der Waals surface area contributed by atoms with Gasteiger partial charge in [-0.2, -0.15) is 5.26 Å². The van der Waals surface area contributed by atoms with Gasteiger partial charge in [0.2, 0.25) is 0 Å². The Kier molecular flexibility index (Phi) is 6.12. The largest absolute Gasteiger partial charge is 0.486 e. The summed E-state index contributed by atoms with van der Waals surface area (Å²) in [5.74, 6) is 0.496. The van der Waals surface area contributed by atoms with Gasteiger partial charge in [-0.1, -0.05) is 54.2 Å². The molecule has 0 fully saturated rings. The number of nitrogens with two attached hydrogens (primary N) is 1. The number of hydrogen-bond acceptors (Lipinski definition) is 7. The lowest BCUT2D eigenvalue weighted by atomic mass is 9.95. The van der Waals surface area contributed by atoms with Crippen LogP contribution in [0.15, 0.2) is 71.6 Å². The summed E-state index contributed by atoms with van der Waals surface area (Å²) in [5.41, 5.74) is 8.48. The van der Waals surface area contributed by atoms with E-state index in [1.165, 1.54) is 11.8 Å². The van der Waals surface area contributed by atoms with Crippen molar-refractivity contribution in [2.24, 2.45) is 0 Å². The van der Waals surface area contributed by atoms with Crippen LogP contribution in [0.1, 0.15) is 28.7 Å². The van der Waals surface area contributed by atoms with Gasteiger partial charge in [0.1, 0.15) is 25.2 Å². The van der Waals surface area contributed by atoms with Gasteiger partial charge in [-0.3, -0.25) is 5.41 Å². The highest BCUT2D eigenvalue weighted by molar-refractivity contribution is 8.14. The molecule has 4 rings (SSSR count). The number of rotatable bonds is 5. The number of nitrogens with one attached hydrogen (secondary N) is 1. The van der Waals surface area contributed by atoms with Gasteiger partial charge in [-0.25, -0.2) is 0 Å². The molecule has 2 atom stereocenters. The van der Waals surface area contributed by atoms with Crippen LogP contribution in [-0.2, 0) is 0 Å². The van der Waals surface area contributed by atoms with E-state index in [4.69, 9.17) is 20.6 Å². The number of nitrogen functional groups attached to an aromatic ring is 1. The van der Waals surface area contributed by atoms with E-state index in [-0.39, 0.29) is 5.04 Å². The van der Waals surface area contributed by atoms with Gasteiger partial charge in [-0.15, -0.1) is 0 Å². The van der Waals surface area contributed by atoms with Gasteiger partial charge >= 0.3 is 0 Å². The number of hydrogen-bond donors (Lipinski definition) is 3. The minimum absolute atomic E-state index is 0.173. The van der Waals surface area contributed by atoms with Crippen LogP contribution in [0.2, 0.25) is 0 Å². The molecule has 4 N–H and O–H groups in total. The molecule has 1 heterocycles. The van der Waals surface area contributed by atoms with Crippen LogP contribution in [-0.4, -0.2) is 23.4 Å². The van der Waals surface area contributed by atoms with Gasteiger partial charge < -0.3 is 20.3 Å². The molecule has 31 heavy (non-hydrogen) atoms. The monoisotopic (exact) mass is 431 g/mol. The van der Waals surface area contributed by atoms with Crippen molar-refractivity contribution >= 4 is 22.5 Å². The summed E-state index contributed by atoms with van der Waals surface area (Å²) in [6.45, 7) is 0.975. The van der Waals surface area contributed by atoms with E-state index in [9.17, 15) is 10.4 Å². The first-order chi connectivity index (χ1) is 15.1. The number of ether oxygens (including phenoxy) is 2. The zero-order chi connectivity index (χ0) is 21.8. The third kappa shape index (κ3) is 4.50. The van der Waals surface area contributed by atoms with E-state index in [2.05, 4.69) is 6.07 Å². The van der Waals surface area contributed by atoms with Crippen molar-refractivity contribution in [1.82, 2.24) is 0 Å². The molecule has 6 nitrogen and oxygen atoms in total. The van der Waals surface area contributed by atoms with Crippen LogP contribution in [0, 0.1) is 16.7 Å². The van der Waals surface area contributed by atoms with Crippen molar-refractivity contribution < 1.29 is 14.6 Å². The van der Waals surface area contributed by atoms with E-state index in [0.29, 0.717) is 47.1 Å². The van der Waals surface area contributed by atoms with E-state index in [1.54, 1.807) is 48.5 Å². The maximum Gasteiger partial charge on any atom is 0.161 e. The molecule has 3 aromatic rings. The zero-order valence-corrected chi connectivity index (χ0v) is 17.4. The Morgan fingerprint density at radius 2 is 1.68 bits per heavy atom. The second-order valence-electron chi connectivity index (χ2n) is 7.04. The first kappa shape index (κ1) is 20.8. The second-order valence-corrected chi connectivity index (χ2v) is 8.13. The van der Waals surface area contributed by atoms with Gasteiger partial charge in [-0.05, 0) is 41.0 Å². The number of nitrogens with zero attached hydrogens (tertiary/aromatic N) is 1. The standard InChI is InChI=1S/C24H21N3O3S/c25-14-18(24(27)31-22-7-2-1-6-19(22)26)15-4-3-5-16(12-15)23(28)17-8-9-20-21(13-17)30-11-10-29-20/h1-9,12-13,18,23,27-28H,10-11,26H2. The topological polar surface area (TPSA) is 112 Å². The molecule has 0 saturated heterocycles. The average molecular weight is 432 g/mol. The third-order valence-corrected chi connectivity index (χ3v) is 6.02. The molecule has 0 saturated carbocycles. The smallest absolute Gasteiger partial charge is 0.161 e. The molecule has 7 heteroatoms. The van der Waals surface area contributed by atoms with E-state index in [1.807, 2.05) is 18.2 Å². The molecule has 3 aromatic carbocycles. The number of anilines is 1. The highest BCUT2D eigenvalue weighted by Gasteiger charge is 2.21. The summed E-state index contributed by atoms with van der Waals surface area (Å²) in [4.78, 5) is 0.736. The molecule has 1 aliphatic heterocycles. The second kappa shape index (κ2) is 9.13. The maximum absolute atomic E-state index is 10.9. The lowest BCUT2D eigenvalue weighted by Gasteiger charge is -2.21. The van der Waals surface area contributed by atoms with Crippen LogP contribution >= 0.6 is 11.8 Å². The number of thioether (sulfide) groups is 1. The first-order valence-corrected chi connectivity index (χ1v) is 10.6. The Hall–Kier alpha value is -3.47. The lowest BCUT2D eigenvalue weighted by molar-refractivity contribution is 0.169. The Morgan fingerprint density at radius 1 is 0.968 bits per heavy atom. The summed E-state index contributed by atoms with van der Waals surface area (Å²) in [6, 6.07) is 21.9. The SMILES string of the molecule is N#CC(C(=N)Sc1ccccc1N)c1cccc(C(O)c2ccc3c(c2)OCCO3)c1. The Balaban J connectivity index is 1.57. The molecular formula is C24H21N3O3S. The number of fused-ring (bicyclic) bond motifs is 1. The molecular weight excluding hydrogens is 410 g/mol. The minimum Gasteiger partial charge on any atom is -0.486 e. The summed E-state index contributed by atoms with van der Waals surface area (Å²) >= 11 is 1.17. The van der Waals surface area contributed by atoms with Crippen molar-refractivity contribution in [2.75, 3.05) is 18.9 Å². The molecule has 0 bridgehead atoms. The fraction of sp³-hybridized carbons (Fsp3) is 0.167. The van der Waals surface area contributed by atoms with Crippen LogP contribution in [0.4, 0.5) is 5.69 Å². The fourth-order valence-corrected chi connectivity index (χ4v) is 4.24. The molecule has 156 valence electrons. The highest BCUT2D eigenvalue weighted by Crippen LogP contribution is 2.36. The van der Waals surface area contributed by atoms with Crippen molar-refractivity contribution in [3.63, 3.8) is 0 Å². The van der Waals surface area contributed by atoms with Crippen LogP contribution < -0.4 is 15.2 Å². The van der Waals surface area contributed by atoms with Gasteiger partial charge in [0.05, 0.1) is 11.1 Å². The summed E-state index contributed by atoms with van der Waals surface area (Å²) < 4.78 is 11.1. The number of aliphatic hydroxyl groups excluding tert-OH is 1. The van der Waals surface area contributed by atoms with Crippen LogP contribution in [0.3, 0.4) is 0 Å². The molecule has 0 radical (unpaired) electrons.